The Morgan fingerprint density at radius 1 is 1.03 bits per heavy atom. The van der Waals surface area contributed by atoms with E-state index in [2.05, 4.69) is 25.0 Å². The molecule has 6 rings (SSSR count). The summed E-state index contributed by atoms with van der Waals surface area (Å²) in [5.41, 5.74) is 2.41. The molecule has 35 heavy (non-hydrogen) atoms. The van der Waals surface area contributed by atoms with Crippen LogP contribution in [0.2, 0.25) is 0 Å². The van der Waals surface area contributed by atoms with Crippen molar-refractivity contribution in [3.63, 3.8) is 0 Å². The molecule has 8 nitrogen and oxygen atoms in total. The number of rotatable bonds is 4. The Morgan fingerprint density at radius 2 is 1.77 bits per heavy atom. The summed E-state index contributed by atoms with van der Waals surface area (Å²) in [5.74, 6) is -4.75. The van der Waals surface area contributed by atoms with Crippen molar-refractivity contribution in [2.24, 2.45) is 0 Å². The van der Waals surface area contributed by atoms with Crippen molar-refractivity contribution in [2.45, 2.75) is 24.9 Å². The van der Waals surface area contributed by atoms with Crippen LogP contribution < -0.4 is 0 Å². The van der Waals surface area contributed by atoms with Gasteiger partial charge in [-0.15, -0.1) is 0 Å². The van der Waals surface area contributed by atoms with E-state index >= 15 is 0 Å². The second kappa shape index (κ2) is 8.49. The lowest BCUT2D eigenvalue weighted by Crippen LogP contribution is -2.56. The number of carbonyl (C=O) groups excluding carboxylic acids is 1. The Balaban J connectivity index is 1.05. The van der Waals surface area contributed by atoms with Gasteiger partial charge in [-0.05, 0) is 31.0 Å². The van der Waals surface area contributed by atoms with Gasteiger partial charge in [-0.1, -0.05) is 0 Å². The van der Waals surface area contributed by atoms with Gasteiger partial charge in [0.1, 0.15) is 12.0 Å². The number of carbonyl (C=O) groups is 1. The van der Waals surface area contributed by atoms with Gasteiger partial charge in [0.25, 0.3) is 5.91 Å². The van der Waals surface area contributed by atoms with E-state index in [1.807, 2.05) is 29.3 Å². The fourth-order valence-corrected chi connectivity index (χ4v) is 5.01. The van der Waals surface area contributed by atoms with Crippen LogP contribution in [0, 0.1) is 17.5 Å². The molecule has 0 saturated carbocycles. The van der Waals surface area contributed by atoms with Crippen molar-refractivity contribution in [3.05, 3.63) is 66.1 Å². The summed E-state index contributed by atoms with van der Waals surface area (Å²) in [4.78, 5) is 28.3. The van der Waals surface area contributed by atoms with Crippen LogP contribution in [0.1, 0.15) is 29.2 Å². The van der Waals surface area contributed by atoms with Crippen molar-refractivity contribution >= 4 is 16.9 Å². The fraction of sp³-hybridized carbons (Fsp3) is 0.333. The fourth-order valence-electron chi connectivity index (χ4n) is 5.01. The topological polar surface area (TPSA) is 82.9 Å². The molecule has 0 bridgehead atoms. The van der Waals surface area contributed by atoms with Gasteiger partial charge in [0.15, 0.2) is 17.5 Å². The summed E-state index contributed by atoms with van der Waals surface area (Å²) in [7, 11) is 0. The van der Waals surface area contributed by atoms with Crippen molar-refractivity contribution < 1.29 is 18.0 Å². The van der Waals surface area contributed by atoms with E-state index in [0.717, 1.165) is 60.4 Å². The molecule has 3 aromatic heterocycles. The van der Waals surface area contributed by atoms with E-state index in [1.165, 1.54) is 6.33 Å². The van der Waals surface area contributed by atoms with Gasteiger partial charge in [-0.3, -0.25) is 14.4 Å². The first-order chi connectivity index (χ1) is 17.0. The highest BCUT2D eigenvalue weighted by Gasteiger charge is 2.36. The number of halogens is 3. The summed E-state index contributed by atoms with van der Waals surface area (Å²) in [5, 5.41) is 5.51. The summed E-state index contributed by atoms with van der Waals surface area (Å²) in [6.45, 7) is 2.68. The highest BCUT2D eigenvalue weighted by Crippen LogP contribution is 2.31. The molecule has 5 heterocycles. The average Bonchev–Trinajstić information content (AvgIpc) is 3.51. The van der Waals surface area contributed by atoms with Gasteiger partial charge >= 0.3 is 0 Å². The molecule has 1 amide bonds. The molecular weight excluding hydrogens is 459 g/mol. The predicted octanol–water partition coefficient (Wildman–Crippen LogP) is 3.40. The van der Waals surface area contributed by atoms with E-state index in [4.69, 9.17) is 0 Å². The number of fused-ring (bicyclic) bond motifs is 1. The Morgan fingerprint density at radius 3 is 2.51 bits per heavy atom. The highest BCUT2D eigenvalue weighted by atomic mass is 19.2. The molecule has 2 fully saturated rings. The minimum atomic E-state index is -1.56. The number of aromatic amines is 1. The van der Waals surface area contributed by atoms with Crippen LogP contribution in [-0.4, -0.2) is 72.7 Å². The molecule has 0 aliphatic carbocycles. The Labute approximate surface area is 198 Å². The van der Waals surface area contributed by atoms with Crippen LogP contribution in [-0.2, 0) is 0 Å². The van der Waals surface area contributed by atoms with Gasteiger partial charge in [-0.25, -0.2) is 23.1 Å². The van der Waals surface area contributed by atoms with Crippen LogP contribution in [0.15, 0.2) is 43.1 Å². The molecular formula is C24H22F3N7O. The largest absolute Gasteiger partial charge is 0.346 e. The molecule has 4 aromatic rings. The maximum atomic E-state index is 13.5. The molecule has 11 heteroatoms. The van der Waals surface area contributed by atoms with E-state index in [1.54, 1.807) is 4.90 Å². The normalized spacial score (nSPS) is 17.7. The molecule has 0 atom stereocenters. The molecule has 1 aromatic carbocycles. The molecule has 2 aliphatic rings. The second-order valence-electron chi connectivity index (χ2n) is 9.06. The lowest BCUT2D eigenvalue weighted by atomic mass is 9.97. The number of hydrogen-bond acceptors (Lipinski definition) is 5. The minimum absolute atomic E-state index is 0.168. The zero-order valence-corrected chi connectivity index (χ0v) is 18.7. The number of piperidine rings is 1. The van der Waals surface area contributed by atoms with Crippen LogP contribution >= 0.6 is 0 Å². The maximum Gasteiger partial charge on any atom is 0.254 e. The zero-order chi connectivity index (χ0) is 24.1. The first kappa shape index (κ1) is 21.8. The Bertz CT molecular complexity index is 1380. The van der Waals surface area contributed by atoms with E-state index < -0.39 is 23.4 Å². The number of nitrogens with zero attached hydrogens (tertiary/aromatic N) is 6. The van der Waals surface area contributed by atoms with Gasteiger partial charge < -0.3 is 9.88 Å². The number of H-pyrrole nitrogens is 1. The third-order valence-electron chi connectivity index (χ3n) is 6.99. The lowest BCUT2D eigenvalue weighted by Gasteiger charge is -2.47. The first-order valence-corrected chi connectivity index (χ1v) is 11.5. The molecule has 0 spiro atoms. The zero-order valence-electron chi connectivity index (χ0n) is 18.7. The molecule has 180 valence electrons. The summed E-state index contributed by atoms with van der Waals surface area (Å²) < 4.78 is 42.2. The SMILES string of the molecule is O=C(c1cc(F)c(F)c(F)c1)N1CCC(N2CC(n3cc(-c4ncnc5[nH]ccc45)cn3)C2)CC1. The van der Waals surface area contributed by atoms with Gasteiger partial charge in [-0.2, -0.15) is 5.10 Å². The molecule has 0 unspecified atom stereocenters. The maximum absolute atomic E-state index is 13.5. The minimum Gasteiger partial charge on any atom is -0.346 e. The van der Waals surface area contributed by atoms with Gasteiger partial charge in [0.2, 0.25) is 0 Å². The first-order valence-electron chi connectivity index (χ1n) is 11.5. The van der Waals surface area contributed by atoms with Crippen LogP contribution in [0.3, 0.4) is 0 Å². The number of hydrogen-bond donors (Lipinski definition) is 1. The summed E-state index contributed by atoms with van der Waals surface area (Å²) in [6, 6.07) is 4.06. The van der Waals surface area contributed by atoms with Crippen LogP contribution in [0.25, 0.3) is 22.3 Å². The number of likely N-dealkylation sites (tertiary alicyclic amines) is 2. The second-order valence-corrected chi connectivity index (χ2v) is 9.06. The monoisotopic (exact) mass is 481 g/mol. The number of benzene rings is 1. The standard InChI is InChI=1S/C24H22F3N7O/c25-19-7-14(8-20(26)21(19)27)24(35)32-5-2-16(3-6-32)33-11-17(12-33)34-10-15(9-31-34)22-18-1-4-28-23(18)30-13-29-22/h1,4,7-10,13,16-17H,2-3,5-6,11-12H2,(H,28,29,30). The smallest absolute Gasteiger partial charge is 0.254 e. The molecule has 2 aliphatic heterocycles. The number of nitrogens with one attached hydrogen (secondary N) is 1. The van der Waals surface area contributed by atoms with Crippen LogP contribution in [0.4, 0.5) is 13.2 Å². The summed E-state index contributed by atoms with van der Waals surface area (Å²) >= 11 is 0. The third kappa shape index (κ3) is 3.85. The van der Waals surface area contributed by atoms with Crippen molar-refractivity contribution in [2.75, 3.05) is 26.2 Å². The van der Waals surface area contributed by atoms with E-state index in [0.29, 0.717) is 19.1 Å². The van der Waals surface area contributed by atoms with Crippen LogP contribution in [0.5, 0.6) is 0 Å². The highest BCUT2D eigenvalue weighted by molar-refractivity contribution is 5.94. The Hall–Kier alpha value is -3.73. The van der Waals surface area contributed by atoms with Crippen molar-refractivity contribution in [1.82, 2.24) is 34.5 Å². The lowest BCUT2D eigenvalue weighted by molar-refractivity contribution is 0.0197. The number of amides is 1. The van der Waals surface area contributed by atoms with Crippen molar-refractivity contribution in [3.8, 4) is 11.3 Å². The van der Waals surface area contributed by atoms with E-state index in [9.17, 15) is 18.0 Å². The van der Waals surface area contributed by atoms with E-state index in [-0.39, 0.29) is 11.6 Å². The van der Waals surface area contributed by atoms with Gasteiger partial charge in [0.05, 0.1) is 17.9 Å². The quantitative estimate of drug-likeness (QED) is 0.452. The third-order valence-corrected chi connectivity index (χ3v) is 6.99. The predicted molar refractivity (Wildman–Crippen MR) is 121 cm³/mol. The molecule has 1 N–H and O–H groups in total. The Kier molecular flexibility index (Phi) is 5.28. The number of aromatic nitrogens is 5. The molecule has 2 saturated heterocycles. The molecule has 0 radical (unpaired) electrons. The van der Waals surface area contributed by atoms with Gasteiger partial charge in [0, 0.05) is 61.1 Å². The summed E-state index contributed by atoms with van der Waals surface area (Å²) in [6.07, 6.45) is 8.74. The van der Waals surface area contributed by atoms with Crippen molar-refractivity contribution in [1.29, 1.82) is 0 Å². The average molecular weight is 481 g/mol.